The van der Waals surface area contributed by atoms with Crippen LogP contribution >= 0.6 is 0 Å². The van der Waals surface area contributed by atoms with E-state index in [4.69, 9.17) is 20.4 Å². The quantitative estimate of drug-likeness (QED) is 0.308. The SMILES string of the molecule is O=C([O-])C(O)C(O)C(=O)[O-].O=C([O-])C(O)C(O)C(=O)[O-].[Mo+4]. The predicted molar refractivity (Wildman–Crippen MR) is 44.1 cm³/mol. The van der Waals surface area contributed by atoms with Crippen molar-refractivity contribution in [3.8, 4) is 0 Å². The Bertz CT molecular complexity index is 309. The summed E-state index contributed by atoms with van der Waals surface area (Å²) in [4.78, 5) is 38.5. The standard InChI is InChI=1S/2C4H6O6.Mo/c2*5-1(3(7)8)2(6)4(9)10;/h2*1-2,5-6H,(H,7,8)(H,9,10);/q;;+4/p-4. The molecule has 0 radical (unpaired) electrons. The minimum Gasteiger partial charge on any atom is -0.547 e. The van der Waals surface area contributed by atoms with Crippen LogP contribution in [0.3, 0.4) is 0 Å². The zero-order chi connectivity index (χ0) is 16.6. The average molecular weight is 392 g/mol. The Morgan fingerprint density at radius 2 is 0.619 bits per heavy atom. The van der Waals surface area contributed by atoms with Crippen molar-refractivity contribution in [1.29, 1.82) is 0 Å². The summed E-state index contributed by atoms with van der Waals surface area (Å²) in [5.41, 5.74) is 0. The second-order valence-electron chi connectivity index (χ2n) is 3.06. The van der Waals surface area contributed by atoms with E-state index in [1.165, 1.54) is 0 Å². The molecule has 0 spiro atoms. The van der Waals surface area contributed by atoms with Gasteiger partial charge < -0.3 is 60.0 Å². The van der Waals surface area contributed by atoms with Crippen LogP contribution in [0.5, 0.6) is 0 Å². The summed E-state index contributed by atoms with van der Waals surface area (Å²) in [6.07, 6.45) is -9.76. The second-order valence-corrected chi connectivity index (χ2v) is 3.06. The Balaban J connectivity index is -0.000000295. The van der Waals surface area contributed by atoms with Gasteiger partial charge in [-0.2, -0.15) is 0 Å². The number of aliphatic carboxylic acids is 4. The molecule has 0 aromatic carbocycles. The summed E-state index contributed by atoms with van der Waals surface area (Å²) in [6.45, 7) is 0. The maximum absolute atomic E-state index is 9.63. The minimum absolute atomic E-state index is 0. The van der Waals surface area contributed by atoms with Gasteiger partial charge in [-0.05, 0) is 0 Å². The number of carboxylic acids is 4. The van der Waals surface area contributed by atoms with Gasteiger partial charge in [0.05, 0.1) is 23.9 Å². The van der Waals surface area contributed by atoms with E-state index in [9.17, 15) is 39.6 Å². The van der Waals surface area contributed by atoms with E-state index in [0.717, 1.165) is 0 Å². The summed E-state index contributed by atoms with van der Waals surface area (Å²) in [7, 11) is 0. The van der Waals surface area contributed by atoms with Crippen LogP contribution < -0.4 is 20.4 Å². The third-order valence-electron chi connectivity index (χ3n) is 1.56. The molecule has 0 bridgehead atoms. The molecular formula is C8H8MoO12. The summed E-state index contributed by atoms with van der Waals surface area (Å²) in [5, 5.41) is 71.5. The van der Waals surface area contributed by atoms with Crippen LogP contribution in [0.4, 0.5) is 0 Å². The molecule has 4 N–H and O–H groups in total. The molecule has 0 saturated heterocycles. The molecule has 21 heavy (non-hydrogen) atoms. The summed E-state index contributed by atoms with van der Waals surface area (Å²) >= 11 is 0. The monoisotopic (exact) mass is 394 g/mol. The van der Waals surface area contributed by atoms with Gasteiger partial charge in [0.25, 0.3) is 0 Å². The second kappa shape index (κ2) is 11.1. The third kappa shape index (κ3) is 9.87. The molecule has 0 saturated carbocycles. The fourth-order valence-electron chi connectivity index (χ4n) is 0.516. The van der Waals surface area contributed by atoms with Crippen LogP contribution in [0.1, 0.15) is 0 Å². The first kappa shape index (κ1) is 24.4. The van der Waals surface area contributed by atoms with Crippen LogP contribution in [0.2, 0.25) is 0 Å². The van der Waals surface area contributed by atoms with E-state index in [1.54, 1.807) is 0 Å². The first-order valence-electron chi connectivity index (χ1n) is 4.49. The van der Waals surface area contributed by atoms with Crippen molar-refractivity contribution in [3.05, 3.63) is 0 Å². The van der Waals surface area contributed by atoms with Crippen molar-refractivity contribution in [2.24, 2.45) is 0 Å². The number of rotatable bonds is 6. The molecule has 4 atom stereocenters. The zero-order valence-electron chi connectivity index (χ0n) is 9.77. The van der Waals surface area contributed by atoms with E-state index >= 15 is 0 Å². The number of carbonyl (C=O) groups is 4. The summed E-state index contributed by atoms with van der Waals surface area (Å²) < 4.78 is 0. The van der Waals surface area contributed by atoms with Crippen molar-refractivity contribution < 1.29 is 81.1 Å². The molecule has 0 aromatic rings. The Morgan fingerprint density at radius 1 is 0.524 bits per heavy atom. The molecule has 13 heteroatoms. The van der Waals surface area contributed by atoms with Gasteiger partial charge in [-0.1, -0.05) is 0 Å². The van der Waals surface area contributed by atoms with E-state index in [1.807, 2.05) is 0 Å². The van der Waals surface area contributed by atoms with Crippen LogP contribution in [0.25, 0.3) is 0 Å². The number of hydrogen-bond donors (Lipinski definition) is 4. The number of hydrogen-bond acceptors (Lipinski definition) is 12. The molecule has 0 heterocycles. The van der Waals surface area contributed by atoms with Crippen molar-refractivity contribution in [1.82, 2.24) is 0 Å². The smallest absolute Gasteiger partial charge is 0.547 e. The molecule has 0 fully saturated rings. The van der Waals surface area contributed by atoms with Crippen molar-refractivity contribution in [2.75, 3.05) is 0 Å². The number of carbonyl (C=O) groups excluding carboxylic acids is 4. The molecule has 0 rings (SSSR count). The van der Waals surface area contributed by atoms with Gasteiger partial charge in [0.2, 0.25) is 0 Å². The number of aliphatic hydroxyl groups excluding tert-OH is 4. The molecule has 0 amide bonds. The Morgan fingerprint density at radius 3 is 0.667 bits per heavy atom. The molecule has 0 aliphatic rings. The molecule has 12 nitrogen and oxygen atoms in total. The molecule has 118 valence electrons. The Labute approximate surface area is 130 Å². The van der Waals surface area contributed by atoms with Crippen molar-refractivity contribution >= 4 is 23.9 Å². The zero-order valence-corrected chi connectivity index (χ0v) is 11.8. The number of aliphatic hydroxyl groups is 4. The van der Waals surface area contributed by atoms with E-state index in [-0.39, 0.29) is 21.1 Å². The topological polar surface area (TPSA) is 241 Å². The largest absolute Gasteiger partial charge is 4.00 e. The van der Waals surface area contributed by atoms with Gasteiger partial charge >= 0.3 is 21.1 Å². The van der Waals surface area contributed by atoms with E-state index in [0.29, 0.717) is 0 Å². The molecule has 0 aliphatic carbocycles. The first-order chi connectivity index (χ1) is 8.93. The normalized spacial score (nSPS) is 15.0. The van der Waals surface area contributed by atoms with E-state index < -0.39 is 48.3 Å². The van der Waals surface area contributed by atoms with Crippen molar-refractivity contribution in [3.63, 3.8) is 0 Å². The van der Waals surface area contributed by atoms with Crippen LogP contribution in [0.15, 0.2) is 0 Å². The number of carboxylic acid groups (broad SMARTS) is 4. The average Bonchev–Trinajstić information content (AvgIpc) is 2.35. The first-order valence-corrected chi connectivity index (χ1v) is 4.49. The predicted octanol–water partition coefficient (Wildman–Crippen LogP) is -9.59. The fraction of sp³-hybridized carbons (Fsp3) is 0.500. The van der Waals surface area contributed by atoms with Crippen LogP contribution in [-0.4, -0.2) is 68.7 Å². The molecule has 0 aliphatic heterocycles. The van der Waals surface area contributed by atoms with Gasteiger partial charge in [-0.25, -0.2) is 0 Å². The van der Waals surface area contributed by atoms with Gasteiger partial charge in [-0.15, -0.1) is 0 Å². The summed E-state index contributed by atoms with van der Waals surface area (Å²) in [6, 6.07) is 0. The summed E-state index contributed by atoms with van der Waals surface area (Å²) in [5.74, 6) is -8.23. The van der Waals surface area contributed by atoms with Gasteiger partial charge in [0.15, 0.2) is 0 Å². The maximum atomic E-state index is 9.63. The maximum Gasteiger partial charge on any atom is 4.00 e. The molecular weight excluding hydrogens is 384 g/mol. The Kier molecular flexibility index (Phi) is 12.9. The van der Waals surface area contributed by atoms with Gasteiger partial charge in [0, 0.05) is 0 Å². The third-order valence-corrected chi connectivity index (χ3v) is 1.56. The minimum atomic E-state index is -2.44. The fourth-order valence-corrected chi connectivity index (χ4v) is 0.516. The molecule has 0 aromatic heterocycles. The van der Waals surface area contributed by atoms with Crippen molar-refractivity contribution in [2.45, 2.75) is 24.4 Å². The molecule has 4 unspecified atom stereocenters. The van der Waals surface area contributed by atoms with Crippen LogP contribution in [0, 0.1) is 0 Å². The van der Waals surface area contributed by atoms with Gasteiger partial charge in [-0.3, -0.25) is 0 Å². The van der Waals surface area contributed by atoms with E-state index in [2.05, 4.69) is 0 Å². The van der Waals surface area contributed by atoms with Crippen LogP contribution in [-0.2, 0) is 40.2 Å². The Hall–Kier alpha value is -1.59. The van der Waals surface area contributed by atoms with Gasteiger partial charge in [0.1, 0.15) is 24.4 Å².